The third-order valence-electron chi connectivity index (χ3n) is 6.83. The van der Waals surface area contributed by atoms with E-state index in [2.05, 4.69) is 20.7 Å². The van der Waals surface area contributed by atoms with E-state index in [1.807, 2.05) is 31.4 Å². The van der Waals surface area contributed by atoms with Crippen molar-refractivity contribution in [3.8, 4) is 16.9 Å². The summed E-state index contributed by atoms with van der Waals surface area (Å²) < 4.78 is 32.2. The molecule has 3 heterocycles. The molecule has 0 atom stereocenters. The summed E-state index contributed by atoms with van der Waals surface area (Å²) >= 11 is 0. The average Bonchev–Trinajstić information content (AvgIpc) is 3.53. The summed E-state index contributed by atoms with van der Waals surface area (Å²) in [5, 5.41) is 9.92. The molecule has 0 aliphatic heterocycles. The number of halogens is 2. The van der Waals surface area contributed by atoms with Gasteiger partial charge in [-0.15, -0.1) is 0 Å². The van der Waals surface area contributed by atoms with Crippen LogP contribution in [-0.4, -0.2) is 30.2 Å². The molecule has 0 radical (unpaired) electrons. The van der Waals surface area contributed by atoms with Gasteiger partial charge in [0.1, 0.15) is 40.3 Å². The largest absolute Gasteiger partial charge is 0.382 e. The molecule has 204 valence electrons. The van der Waals surface area contributed by atoms with Crippen molar-refractivity contribution in [2.75, 3.05) is 16.4 Å². The zero-order valence-electron chi connectivity index (χ0n) is 22.2. The number of nitrogens with one attached hydrogen (secondary N) is 2. The van der Waals surface area contributed by atoms with E-state index in [0.717, 1.165) is 18.7 Å². The fourth-order valence-corrected chi connectivity index (χ4v) is 4.57. The highest BCUT2D eigenvalue weighted by atomic mass is 19.1. The lowest BCUT2D eigenvalue weighted by Crippen LogP contribution is -2.22. The fourth-order valence-electron chi connectivity index (χ4n) is 4.57. The highest BCUT2D eigenvalue weighted by Gasteiger charge is 2.30. The molecule has 0 unspecified atom stereocenters. The topological polar surface area (TPSA) is 115 Å². The number of fused-ring (bicyclic) bond motifs is 1. The van der Waals surface area contributed by atoms with E-state index in [1.165, 1.54) is 28.9 Å². The fraction of sp³-hybridized carbons (Fsp3) is 0.241. The highest BCUT2D eigenvalue weighted by Crippen LogP contribution is 2.42. The van der Waals surface area contributed by atoms with Crippen LogP contribution in [0.3, 0.4) is 0 Å². The molecule has 1 aliphatic rings. The van der Waals surface area contributed by atoms with Gasteiger partial charge in [-0.3, -0.25) is 9.72 Å². The summed E-state index contributed by atoms with van der Waals surface area (Å²) in [5.41, 5.74) is 8.83. The van der Waals surface area contributed by atoms with Gasteiger partial charge < -0.3 is 11.1 Å². The van der Waals surface area contributed by atoms with Crippen LogP contribution in [0, 0.1) is 11.6 Å². The van der Waals surface area contributed by atoms with Crippen LogP contribution in [0.15, 0.2) is 60.9 Å². The Bertz CT molecular complexity index is 1750. The van der Waals surface area contributed by atoms with Crippen molar-refractivity contribution in [1.82, 2.24) is 24.1 Å². The first kappa shape index (κ1) is 25.5. The zero-order chi connectivity index (χ0) is 28.2. The number of carbonyl (C=O) groups is 1. The molecule has 2 aromatic carbocycles. The Labute approximate surface area is 229 Å². The average molecular weight is 543 g/mol. The van der Waals surface area contributed by atoms with Crippen molar-refractivity contribution < 1.29 is 13.6 Å². The molecule has 0 spiro atoms. The maximum atomic E-state index is 15.3. The molecule has 0 saturated heterocycles. The monoisotopic (exact) mass is 542 g/mol. The molecule has 3 aromatic heterocycles. The predicted molar refractivity (Wildman–Crippen MR) is 150 cm³/mol. The molecule has 1 aliphatic carbocycles. The number of benzene rings is 2. The number of nitrogens with zero attached hydrogens (tertiary/aromatic N) is 5. The van der Waals surface area contributed by atoms with Crippen molar-refractivity contribution in [3.05, 3.63) is 84.1 Å². The number of urea groups is 1. The second kappa shape index (κ2) is 9.44. The maximum Gasteiger partial charge on any atom is 0.324 e. The van der Waals surface area contributed by atoms with Gasteiger partial charge in [0.2, 0.25) is 0 Å². The quantitative estimate of drug-likeness (QED) is 0.242. The van der Waals surface area contributed by atoms with Gasteiger partial charge in [0.25, 0.3) is 0 Å². The third kappa shape index (κ3) is 4.74. The Balaban J connectivity index is 1.27. The summed E-state index contributed by atoms with van der Waals surface area (Å²) in [6.45, 7) is 5.98. The van der Waals surface area contributed by atoms with E-state index < -0.39 is 11.8 Å². The zero-order valence-corrected chi connectivity index (χ0v) is 22.2. The lowest BCUT2D eigenvalue weighted by Gasteiger charge is -2.14. The molecule has 5 aromatic rings. The summed E-state index contributed by atoms with van der Waals surface area (Å²) in [5.74, 6) is 0.876. The summed E-state index contributed by atoms with van der Waals surface area (Å²) in [6.07, 6.45) is 5.53. The van der Waals surface area contributed by atoms with Gasteiger partial charge in [-0.1, -0.05) is 26.8 Å². The van der Waals surface area contributed by atoms with Gasteiger partial charge in [-0.25, -0.2) is 28.2 Å². The Hall–Kier alpha value is -4.80. The lowest BCUT2D eigenvalue weighted by molar-refractivity contribution is 0.262. The molecule has 2 amide bonds. The molecule has 40 heavy (non-hydrogen) atoms. The number of imidazole rings is 1. The number of aromatic nitrogens is 5. The van der Waals surface area contributed by atoms with Gasteiger partial charge in [0, 0.05) is 35.4 Å². The predicted octanol–water partition coefficient (Wildman–Crippen LogP) is 6.26. The van der Waals surface area contributed by atoms with E-state index in [4.69, 9.17) is 10.7 Å². The van der Waals surface area contributed by atoms with Gasteiger partial charge in [0.15, 0.2) is 0 Å². The van der Waals surface area contributed by atoms with Crippen LogP contribution in [-0.2, 0) is 5.41 Å². The lowest BCUT2D eigenvalue weighted by atomic mass is 9.92. The van der Waals surface area contributed by atoms with Gasteiger partial charge in [-0.05, 0) is 49.2 Å². The van der Waals surface area contributed by atoms with Crippen LogP contribution < -0.4 is 16.4 Å². The van der Waals surface area contributed by atoms with Gasteiger partial charge in [-0.2, -0.15) is 5.10 Å². The van der Waals surface area contributed by atoms with Crippen molar-refractivity contribution in [2.45, 2.75) is 44.9 Å². The van der Waals surface area contributed by atoms with Crippen molar-refractivity contribution in [2.24, 2.45) is 0 Å². The normalized spacial score (nSPS) is 13.5. The second-order valence-corrected chi connectivity index (χ2v) is 11.0. The first-order valence-electron chi connectivity index (χ1n) is 13.0. The smallest absolute Gasteiger partial charge is 0.324 e. The number of hydrogen-bond acceptors (Lipinski definition) is 5. The number of carbonyl (C=O) groups excluding carboxylic acids is 1. The Morgan fingerprint density at radius 3 is 2.48 bits per heavy atom. The Kier molecular flexibility index (Phi) is 6.01. The number of nitrogens with two attached hydrogens (primary N) is 1. The standard InChI is InChI=1S/C29H28F2N8O/c1-29(2,3)22-15-23(39(37-22)19-9-7-18(30)8-10-19)35-28(40)34-21-11-6-17(14-20(21)31)24-25-26(32)33-12-13-38(25)27(36-24)16-4-5-16/h6-16H,4-5H2,1-3H3,(H2,32,33)(H2,34,35,40). The Morgan fingerprint density at radius 1 is 1.05 bits per heavy atom. The molecule has 6 rings (SSSR count). The second-order valence-electron chi connectivity index (χ2n) is 11.0. The van der Waals surface area contributed by atoms with Crippen molar-refractivity contribution in [3.63, 3.8) is 0 Å². The molecule has 1 saturated carbocycles. The SMILES string of the molecule is CC(C)(C)c1cc(NC(=O)Nc2ccc(-c3nc(C4CC4)n4ccnc(N)c34)cc2F)n(-c2ccc(F)cc2)n1. The van der Waals surface area contributed by atoms with E-state index in [1.54, 1.807) is 30.5 Å². The number of hydrogen-bond donors (Lipinski definition) is 3. The minimum absolute atomic E-state index is 0.0119. The Morgan fingerprint density at radius 2 is 1.80 bits per heavy atom. The van der Waals surface area contributed by atoms with Crippen molar-refractivity contribution in [1.29, 1.82) is 0 Å². The number of rotatable bonds is 5. The van der Waals surface area contributed by atoms with Crippen LogP contribution in [0.4, 0.5) is 30.9 Å². The van der Waals surface area contributed by atoms with Crippen LogP contribution >= 0.6 is 0 Å². The van der Waals surface area contributed by atoms with E-state index >= 15 is 4.39 Å². The first-order valence-corrected chi connectivity index (χ1v) is 13.0. The summed E-state index contributed by atoms with van der Waals surface area (Å²) in [4.78, 5) is 21.9. The van der Waals surface area contributed by atoms with E-state index in [-0.39, 0.29) is 16.9 Å². The first-order chi connectivity index (χ1) is 19.1. The molecule has 1 fully saturated rings. The molecule has 0 bridgehead atoms. The third-order valence-corrected chi connectivity index (χ3v) is 6.83. The van der Waals surface area contributed by atoms with Gasteiger partial charge in [0.05, 0.1) is 17.1 Å². The van der Waals surface area contributed by atoms with E-state index in [0.29, 0.717) is 45.7 Å². The molecule has 9 nitrogen and oxygen atoms in total. The highest BCUT2D eigenvalue weighted by molar-refractivity contribution is 6.00. The number of anilines is 3. The molecule has 4 N–H and O–H groups in total. The van der Waals surface area contributed by atoms with Crippen LogP contribution in [0.25, 0.3) is 22.5 Å². The summed E-state index contributed by atoms with van der Waals surface area (Å²) in [7, 11) is 0. The molecule has 11 heteroatoms. The number of nitrogen functional groups attached to an aromatic ring is 1. The number of amides is 2. The maximum absolute atomic E-state index is 15.3. The minimum atomic E-state index is -0.660. The molecular formula is C29H28F2N8O. The summed E-state index contributed by atoms with van der Waals surface area (Å²) in [6, 6.07) is 11.3. The molecular weight excluding hydrogens is 514 g/mol. The van der Waals surface area contributed by atoms with Crippen LogP contribution in [0.5, 0.6) is 0 Å². The van der Waals surface area contributed by atoms with Crippen LogP contribution in [0.1, 0.15) is 51.0 Å². The van der Waals surface area contributed by atoms with Gasteiger partial charge >= 0.3 is 6.03 Å². The van der Waals surface area contributed by atoms with E-state index in [9.17, 15) is 9.18 Å². The minimum Gasteiger partial charge on any atom is -0.382 e. The van der Waals surface area contributed by atoms with Crippen LogP contribution in [0.2, 0.25) is 0 Å². The van der Waals surface area contributed by atoms with Crippen molar-refractivity contribution >= 4 is 28.9 Å².